The Balaban J connectivity index is 4.73. The minimum absolute atomic E-state index is 0.0905. The van der Waals surface area contributed by atoms with Crippen molar-refractivity contribution in [3.8, 4) is 0 Å². The highest BCUT2D eigenvalue weighted by Crippen LogP contribution is 2.11. The van der Waals surface area contributed by atoms with Crippen molar-refractivity contribution < 1.29 is 14.7 Å². The topological polar surface area (TPSA) is 78.4 Å². The maximum Gasteiger partial charge on any atom is 0.305 e. The lowest BCUT2D eigenvalue weighted by Gasteiger charge is -2.22. The summed E-state index contributed by atoms with van der Waals surface area (Å²) in [6.45, 7) is 11.8. The van der Waals surface area contributed by atoms with Crippen molar-refractivity contribution in [1.82, 2.24) is 10.6 Å². The average molecular weight is 308 g/mol. The van der Waals surface area contributed by atoms with Crippen LogP contribution < -0.4 is 10.6 Å². The predicted octanol–water partition coefficient (Wildman–Crippen LogP) is 2.41. The molecule has 0 bridgehead atoms. The molecule has 22 heavy (non-hydrogen) atoms. The number of carboxylic acid groups (broad SMARTS) is 1. The van der Waals surface area contributed by atoms with Gasteiger partial charge >= 0.3 is 5.97 Å². The van der Waals surface area contributed by atoms with Gasteiger partial charge in [-0.3, -0.25) is 9.59 Å². The fourth-order valence-electron chi connectivity index (χ4n) is 2.14. The summed E-state index contributed by atoms with van der Waals surface area (Å²) in [6, 6.07) is -0.773. The zero-order valence-corrected chi connectivity index (χ0v) is 13.6. The molecule has 0 heterocycles. The molecule has 1 amide bonds. The Morgan fingerprint density at radius 2 is 2.00 bits per heavy atom. The van der Waals surface area contributed by atoms with Crippen LogP contribution in [0.2, 0.25) is 0 Å². The van der Waals surface area contributed by atoms with Gasteiger partial charge in [-0.2, -0.15) is 0 Å². The number of aliphatic carboxylic acids is 1. The zero-order valence-electron chi connectivity index (χ0n) is 13.6. The number of carbonyl (C=O) groups excluding carboxylic acids is 1. The van der Waals surface area contributed by atoms with Crippen LogP contribution in [0.25, 0.3) is 0 Å². The Kier molecular flexibility index (Phi) is 10.7. The maximum atomic E-state index is 12.2. The smallest absolute Gasteiger partial charge is 0.305 e. The molecule has 0 radical (unpaired) electrons. The molecule has 0 aliphatic carbocycles. The number of carbonyl (C=O) groups is 2. The van der Waals surface area contributed by atoms with E-state index in [0.717, 1.165) is 5.57 Å². The number of hydrogen-bond acceptors (Lipinski definition) is 3. The van der Waals surface area contributed by atoms with Gasteiger partial charge in [-0.25, -0.2) is 0 Å². The van der Waals surface area contributed by atoms with Gasteiger partial charge in [0.05, 0.1) is 12.5 Å². The van der Waals surface area contributed by atoms with Crippen molar-refractivity contribution in [2.45, 2.75) is 51.6 Å². The SMILES string of the molecule is C=CCC(NCC)C(=O)N[C@H](CC/C(C=C)=C/C)CC(=O)O. The number of likely N-dealkylation sites (N-methyl/N-ethyl adjacent to an activating group) is 1. The summed E-state index contributed by atoms with van der Waals surface area (Å²) in [7, 11) is 0. The van der Waals surface area contributed by atoms with Gasteiger partial charge in [0, 0.05) is 6.04 Å². The molecular formula is C17H28N2O3. The quantitative estimate of drug-likeness (QED) is 0.382. The number of rotatable bonds is 12. The number of allylic oxidation sites excluding steroid dienone is 3. The van der Waals surface area contributed by atoms with Gasteiger partial charge < -0.3 is 15.7 Å². The van der Waals surface area contributed by atoms with E-state index in [0.29, 0.717) is 25.8 Å². The van der Waals surface area contributed by atoms with Crippen molar-refractivity contribution in [3.63, 3.8) is 0 Å². The van der Waals surface area contributed by atoms with E-state index in [1.165, 1.54) is 0 Å². The molecule has 0 aliphatic rings. The summed E-state index contributed by atoms with van der Waals surface area (Å²) in [5.41, 5.74) is 1.04. The Morgan fingerprint density at radius 3 is 2.45 bits per heavy atom. The van der Waals surface area contributed by atoms with Crippen LogP contribution in [0.4, 0.5) is 0 Å². The summed E-state index contributed by atoms with van der Waals surface area (Å²) in [4.78, 5) is 23.2. The first-order valence-electron chi connectivity index (χ1n) is 7.62. The fraction of sp³-hybridized carbons (Fsp3) is 0.529. The van der Waals surface area contributed by atoms with E-state index in [9.17, 15) is 9.59 Å². The van der Waals surface area contributed by atoms with E-state index in [-0.39, 0.29) is 18.4 Å². The third kappa shape index (κ3) is 8.42. The third-order valence-electron chi connectivity index (χ3n) is 3.35. The Labute approximate surface area is 133 Å². The monoisotopic (exact) mass is 308 g/mol. The minimum Gasteiger partial charge on any atom is -0.481 e. The molecule has 5 nitrogen and oxygen atoms in total. The molecule has 0 aromatic carbocycles. The molecule has 0 saturated carbocycles. The van der Waals surface area contributed by atoms with E-state index < -0.39 is 12.0 Å². The molecule has 1 unspecified atom stereocenters. The average Bonchev–Trinajstić information content (AvgIpc) is 2.47. The molecule has 0 aromatic rings. The van der Waals surface area contributed by atoms with E-state index in [4.69, 9.17) is 5.11 Å². The van der Waals surface area contributed by atoms with Crippen LogP contribution in [0.3, 0.4) is 0 Å². The summed E-state index contributed by atoms with van der Waals surface area (Å²) in [5, 5.41) is 14.9. The number of nitrogens with one attached hydrogen (secondary N) is 2. The van der Waals surface area contributed by atoms with E-state index in [1.807, 2.05) is 19.9 Å². The van der Waals surface area contributed by atoms with Crippen molar-refractivity contribution in [2.24, 2.45) is 0 Å². The van der Waals surface area contributed by atoms with Crippen molar-refractivity contribution >= 4 is 11.9 Å². The van der Waals surface area contributed by atoms with Gasteiger partial charge in [0.15, 0.2) is 0 Å². The molecule has 0 rings (SSSR count). The number of hydrogen-bond donors (Lipinski definition) is 3. The number of amides is 1. The molecule has 0 fully saturated rings. The molecule has 0 aromatic heterocycles. The van der Waals surface area contributed by atoms with Crippen molar-refractivity contribution in [3.05, 3.63) is 37.0 Å². The Morgan fingerprint density at radius 1 is 1.32 bits per heavy atom. The van der Waals surface area contributed by atoms with Crippen LogP contribution >= 0.6 is 0 Å². The lowest BCUT2D eigenvalue weighted by Crippen LogP contribution is -2.48. The lowest BCUT2D eigenvalue weighted by atomic mass is 10.0. The van der Waals surface area contributed by atoms with Crippen LogP contribution in [0.5, 0.6) is 0 Å². The second-order valence-electron chi connectivity index (χ2n) is 5.04. The largest absolute Gasteiger partial charge is 0.481 e. The molecular weight excluding hydrogens is 280 g/mol. The normalized spacial score (nSPS) is 14.0. The van der Waals surface area contributed by atoms with Crippen LogP contribution in [-0.4, -0.2) is 35.6 Å². The highest BCUT2D eigenvalue weighted by molar-refractivity contribution is 5.82. The van der Waals surface area contributed by atoms with Crippen LogP contribution in [-0.2, 0) is 9.59 Å². The van der Waals surface area contributed by atoms with E-state index in [1.54, 1.807) is 12.2 Å². The standard InChI is InChI=1S/C17H28N2O3/c1-5-9-15(18-8-4)17(22)19-14(12-16(20)21)11-10-13(6-2)7-3/h5-7,14-15,18H,1-2,8-12H2,3-4H3,(H,19,22)(H,20,21)/b13-7+/t14-,15?/m1/s1. The van der Waals surface area contributed by atoms with Gasteiger partial charge in [0.25, 0.3) is 0 Å². The highest BCUT2D eigenvalue weighted by Gasteiger charge is 2.21. The lowest BCUT2D eigenvalue weighted by molar-refractivity contribution is -0.137. The second-order valence-corrected chi connectivity index (χ2v) is 5.04. The van der Waals surface area contributed by atoms with E-state index >= 15 is 0 Å². The zero-order chi connectivity index (χ0) is 17.0. The first kappa shape index (κ1) is 20.1. The summed E-state index contributed by atoms with van der Waals surface area (Å²) in [6.07, 6.45) is 7.03. The molecule has 0 aliphatic heterocycles. The first-order chi connectivity index (χ1) is 10.5. The summed E-state index contributed by atoms with van der Waals surface area (Å²) in [5.74, 6) is -1.11. The molecule has 2 atom stereocenters. The van der Waals surface area contributed by atoms with E-state index in [2.05, 4.69) is 23.8 Å². The fourth-order valence-corrected chi connectivity index (χ4v) is 2.14. The predicted molar refractivity (Wildman–Crippen MR) is 89.7 cm³/mol. The van der Waals surface area contributed by atoms with Crippen LogP contribution in [0.15, 0.2) is 37.0 Å². The summed E-state index contributed by atoms with van der Waals surface area (Å²) >= 11 is 0. The summed E-state index contributed by atoms with van der Waals surface area (Å²) < 4.78 is 0. The molecule has 0 saturated heterocycles. The molecule has 0 spiro atoms. The maximum absolute atomic E-state index is 12.2. The van der Waals surface area contributed by atoms with Crippen molar-refractivity contribution in [1.29, 1.82) is 0 Å². The second kappa shape index (κ2) is 11.7. The van der Waals surface area contributed by atoms with Gasteiger partial charge in [-0.15, -0.1) is 6.58 Å². The van der Waals surface area contributed by atoms with Crippen LogP contribution in [0, 0.1) is 0 Å². The van der Waals surface area contributed by atoms with Crippen molar-refractivity contribution in [2.75, 3.05) is 6.54 Å². The third-order valence-corrected chi connectivity index (χ3v) is 3.35. The first-order valence-corrected chi connectivity index (χ1v) is 7.62. The Bertz CT molecular complexity index is 416. The molecule has 5 heteroatoms. The number of carboxylic acids is 1. The minimum atomic E-state index is -0.922. The molecule has 124 valence electrons. The van der Waals surface area contributed by atoms with Gasteiger partial charge in [-0.1, -0.05) is 37.3 Å². The van der Waals surface area contributed by atoms with Gasteiger partial charge in [-0.05, 0) is 32.7 Å². The van der Waals surface area contributed by atoms with Crippen LogP contribution in [0.1, 0.15) is 39.5 Å². The highest BCUT2D eigenvalue weighted by atomic mass is 16.4. The Hall–Kier alpha value is -1.88. The van der Waals surface area contributed by atoms with Gasteiger partial charge in [0.1, 0.15) is 0 Å². The molecule has 3 N–H and O–H groups in total. The van der Waals surface area contributed by atoms with Gasteiger partial charge in [0.2, 0.25) is 5.91 Å².